The lowest BCUT2D eigenvalue weighted by molar-refractivity contribution is -0.139. The molecule has 0 aromatic carbocycles. The molecule has 5 nitrogen and oxygen atoms in total. The predicted molar refractivity (Wildman–Crippen MR) is 58.2 cm³/mol. The van der Waals surface area contributed by atoms with E-state index in [0.29, 0.717) is 4.88 Å². The van der Waals surface area contributed by atoms with Gasteiger partial charge in [-0.3, -0.25) is 9.59 Å². The second kappa shape index (κ2) is 5.35. The number of methoxy groups -OCH3 is 1. The fourth-order valence-electron chi connectivity index (χ4n) is 0.906. The zero-order valence-electron chi connectivity index (χ0n) is 8.49. The van der Waals surface area contributed by atoms with E-state index in [1.807, 2.05) is 0 Å². The lowest BCUT2D eigenvalue weighted by Crippen LogP contribution is -2.29. The largest absolute Gasteiger partial charge is 0.468 e. The number of anilines is 1. The van der Waals surface area contributed by atoms with Crippen molar-refractivity contribution in [3.63, 3.8) is 0 Å². The third-order valence-electron chi connectivity index (χ3n) is 1.70. The molecule has 0 spiro atoms. The van der Waals surface area contributed by atoms with Crippen molar-refractivity contribution in [1.29, 1.82) is 0 Å². The molecule has 0 aliphatic carbocycles. The van der Waals surface area contributed by atoms with Gasteiger partial charge in [-0.15, -0.1) is 11.3 Å². The molecule has 1 amide bonds. The van der Waals surface area contributed by atoms with Crippen LogP contribution < -0.4 is 10.6 Å². The number of rotatable bonds is 4. The van der Waals surface area contributed by atoms with Crippen LogP contribution in [0.5, 0.6) is 0 Å². The van der Waals surface area contributed by atoms with Gasteiger partial charge in [-0.05, 0) is 12.1 Å². The van der Waals surface area contributed by atoms with Crippen molar-refractivity contribution in [2.24, 2.45) is 0 Å². The molecule has 2 N–H and O–H groups in total. The molecule has 1 heterocycles. The van der Waals surface area contributed by atoms with E-state index in [0.717, 1.165) is 5.00 Å². The van der Waals surface area contributed by atoms with Gasteiger partial charge in [-0.2, -0.15) is 0 Å². The van der Waals surface area contributed by atoms with Crippen LogP contribution in [0.4, 0.5) is 5.00 Å². The van der Waals surface area contributed by atoms with Gasteiger partial charge >= 0.3 is 5.97 Å². The Morgan fingerprint density at radius 2 is 2.20 bits per heavy atom. The van der Waals surface area contributed by atoms with E-state index in [1.165, 1.54) is 18.4 Å². The van der Waals surface area contributed by atoms with Crippen molar-refractivity contribution in [1.82, 2.24) is 5.32 Å². The fraction of sp³-hybridized carbons (Fsp3) is 0.333. The number of carbonyl (C=O) groups excluding carboxylic acids is 2. The zero-order chi connectivity index (χ0) is 11.3. The highest BCUT2D eigenvalue weighted by Crippen LogP contribution is 2.20. The standard InChI is InChI=1S/C9H12N2O3S/c1-10-7-4-3-6(15-7)9(13)11-5-8(12)14-2/h3-4,10H,5H2,1-2H3,(H,11,13). The Morgan fingerprint density at radius 3 is 2.73 bits per heavy atom. The van der Waals surface area contributed by atoms with Crippen LogP contribution in [0.1, 0.15) is 9.67 Å². The third-order valence-corrected chi connectivity index (χ3v) is 2.80. The third kappa shape index (κ3) is 3.25. The number of hydrogen-bond donors (Lipinski definition) is 2. The maximum atomic E-state index is 11.5. The van der Waals surface area contributed by atoms with E-state index in [1.54, 1.807) is 19.2 Å². The summed E-state index contributed by atoms with van der Waals surface area (Å²) >= 11 is 1.32. The Hall–Kier alpha value is -1.56. The van der Waals surface area contributed by atoms with Crippen LogP contribution in [0, 0.1) is 0 Å². The normalized spacial score (nSPS) is 9.47. The van der Waals surface area contributed by atoms with Gasteiger partial charge in [-0.1, -0.05) is 0 Å². The van der Waals surface area contributed by atoms with Gasteiger partial charge in [0.1, 0.15) is 6.54 Å². The van der Waals surface area contributed by atoms with Gasteiger partial charge in [0, 0.05) is 7.05 Å². The maximum absolute atomic E-state index is 11.5. The molecule has 1 rings (SSSR count). The monoisotopic (exact) mass is 228 g/mol. The molecule has 0 saturated carbocycles. The van der Waals surface area contributed by atoms with Gasteiger partial charge < -0.3 is 15.4 Å². The average Bonchev–Trinajstić information content (AvgIpc) is 2.73. The van der Waals surface area contributed by atoms with Crippen molar-refractivity contribution >= 4 is 28.2 Å². The Morgan fingerprint density at radius 1 is 1.47 bits per heavy atom. The summed E-state index contributed by atoms with van der Waals surface area (Å²) in [5.74, 6) is -0.736. The van der Waals surface area contributed by atoms with Crippen molar-refractivity contribution in [3.8, 4) is 0 Å². The molecule has 0 radical (unpaired) electrons. The summed E-state index contributed by atoms with van der Waals surface area (Å²) in [6.45, 7) is -0.109. The van der Waals surface area contributed by atoms with Gasteiger partial charge in [0.2, 0.25) is 0 Å². The van der Waals surface area contributed by atoms with Crippen LogP contribution in [0.15, 0.2) is 12.1 Å². The summed E-state index contributed by atoms with van der Waals surface area (Å²) < 4.78 is 4.40. The highest BCUT2D eigenvalue weighted by Gasteiger charge is 2.10. The molecular weight excluding hydrogens is 216 g/mol. The first kappa shape index (κ1) is 11.5. The van der Waals surface area contributed by atoms with Gasteiger partial charge in [0.05, 0.1) is 17.0 Å². The minimum absolute atomic E-state index is 0.109. The van der Waals surface area contributed by atoms with Crippen molar-refractivity contribution in [3.05, 3.63) is 17.0 Å². The Labute approximate surface area is 91.4 Å². The predicted octanol–water partition coefficient (Wildman–Crippen LogP) is 0.693. The second-order valence-corrected chi connectivity index (χ2v) is 3.76. The lowest BCUT2D eigenvalue weighted by atomic mass is 10.4. The highest BCUT2D eigenvalue weighted by molar-refractivity contribution is 7.17. The smallest absolute Gasteiger partial charge is 0.325 e. The molecule has 82 valence electrons. The Bertz CT molecular complexity index is 362. The number of esters is 1. The van der Waals surface area contributed by atoms with E-state index in [-0.39, 0.29) is 12.5 Å². The number of hydrogen-bond acceptors (Lipinski definition) is 5. The maximum Gasteiger partial charge on any atom is 0.325 e. The average molecular weight is 228 g/mol. The quantitative estimate of drug-likeness (QED) is 0.744. The van der Waals surface area contributed by atoms with E-state index >= 15 is 0 Å². The van der Waals surface area contributed by atoms with E-state index in [4.69, 9.17) is 0 Å². The summed E-state index contributed by atoms with van der Waals surface area (Å²) in [6.07, 6.45) is 0. The number of amides is 1. The fourth-order valence-corrected chi connectivity index (χ4v) is 1.68. The van der Waals surface area contributed by atoms with Crippen LogP contribution in [-0.2, 0) is 9.53 Å². The van der Waals surface area contributed by atoms with E-state index in [2.05, 4.69) is 15.4 Å². The Kier molecular flexibility index (Phi) is 4.11. The summed E-state index contributed by atoms with van der Waals surface area (Å²) in [4.78, 5) is 22.8. The first-order chi connectivity index (χ1) is 7.17. The molecule has 0 atom stereocenters. The molecule has 0 aliphatic rings. The SMILES string of the molecule is CNc1ccc(C(=O)NCC(=O)OC)s1. The number of carbonyl (C=O) groups is 2. The topological polar surface area (TPSA) is 67.4 Å². The minimum atomic E-state index is -0.464. The summed E-state index contributed by atoms with van der Waals surface area (Å²) in [5.41, 5.74) is 0. The molecule has 6 heteroatoms. The van der Waals surface area contributed by atoms with Crippen LogP contribution in [0.3, 0.4) is 0 Å². The molecule has 0 saturated heterocycles. The number of thiophene rings is 1. The van der Waals surface area contributed by atoms with Crippen LogP contribution >= 0.6 is 11.3 Å². The Balaban J connectivity index is 2.50. The van der Waals surface area contributed by atoms with Crippen LogP contribution in [0.2, 0.25) is 0 Å². The van der Waals surface area contributed by atoms with Crippen LogP contribution in [0.25, 0.3) is 0 Å². The first-order valence-corrected chi connectivity index (χ1v) is 5.11. The summed E-state index contributed by atoms with van der Waals surface area (Å²) in [5, 5.41) is 6.28. The minimum Gasteiger partial charge on any atom is -0.468 e. The van der Waals surface area contributed by atoms with E-state index in [9.17, 15) is 9.59 Å². The molecular formula is C9H12N2O3S. The molecule has 0 unspecified atom stereocenters. The first-order valence-electron chi connectivity index (χ1n) is 4.30. The summed E-state index contributed by atoms with van der Waals surface area (Å²) in [6, 6.07) is 3.50. The number of nitrogens with one attached hydrogen (secondary N) is 2. The molecule has 1 aromatic rings. The summed E-state index contributed by atoms with van der Waals surface area (Å²) in [7, 11) is 3.06. The molecule has 15 heavy (non-hydrogen) atoms. The van der Waals surface area contributed by atoms with Gasteiger partial charge in [-0.25, -0.2) is 0 Å². The second-order valence-electron chi connectivity index (χ2n) is 2.67. The van der Waals surface area contributed by atoms with Gasteiger partial charge in [0.15, 0.2) is 0 Å². The highest BCUT2D eigenvalue weighted by atomic mass is 32.1. The lowest BCUT2D eigenvalue weighted by Gasteiger charge is -2.00. The number of ether oxygens (including phenoxy) is 1. The molecule has 1 aromatic heterocycles. The van der Waals surface area contributed by atoms with Crippen LogP contribution in [-0.4, -0.2) is 32.6 Å². The van der Waals surface area contributed by atoms with Crippen molar-refractivity contribution in [2.45, 2.75) is 0 Å². The van der Waals surface area contributed by atoms with Gasteiger partial charge in [0.25, 0.3) is 5.91 Å². The van der Waals surface area contributed by atoms with Crippen molar-refractivity contribution in [2.75, 3.05) is 26.0 Å². The molecule has 0 aliphatic heterocycles. The molecule has 0 bridgehead atoms. The van der Waals surface area contributed by atoms with Crippen molar-refractivity contribution < 1.29 is 14.3 Å². The van der Waals surface area contributed by atoms with E-state index < -0.39 is 5.97 Å². The zero-order valence-corrected chi connectivity index (χ0v) is 9.31. The molecule has 0 fully saturated rings.